The van der Waals surface area contributed by atoms with Crippen molar-refractivity contribution in [1.82, 2.24) is 10.2 Å². The van der Waals surface area contributed by atoms with Crippen LogP contribution in [0.5, 0.6) is 5.75 Å². The van der Waals surface area contributed by atoms with Crippen LogP contribution in [0.3, 0.4) is 0 Å². The van der Waals surface area contributed by atoms with Crippen molar-refractivity contribution in [2.75, 3.05) is 19.6 Å². The molecule has 154 valence electrons. The molecule has 1 aromatic carbocycles. The lowest BCUT2D eigenvalue weighted by Crippen LogP contribution is -2.52. The monoisotopic (exact) mass is 386 g/mol. The maximum absolute atomic E-state index is 12.4. The van der Waals surface area contributed by atoms with Crippen LogP contribution in [0.4, 0.5) is 0 Å². The summed E-state index contributed by atoms with van der Waals surface area (Å²) in [6.45, 7) is 6.31. The lowest BCUT2D eigenvalue weighted by atomic mass is 9.81. The number of aliphatic hydroxyl groups excluding tert-OH is 1. The largest absolute Gasteiger partial charge is 0.487 e. The molecule has 28 heavy (non-hydrogen) atoms. The molecule has 5 nitrogen and oxygen atoms in total. The van der Waals surface area contributed by atoms with Crippen molar-refractivity contribution in [2.24, 2.45) is 0 Å². The molecule has 1 saturated heterocycles. The van der Waals surface area contributed by atoms with E-state index in [1.54, 1.807) is 0 Å². The molecule has 1 aliphatic carbocycles. The molecule has 4 rings (SSSR count). The highest BCUT2D eigenvalue weighted by Gasteiger charge is 2.43. The van der Waals surface area contributed by atoms with Gasteiger partial charge >= 0.3 is 0 Å². The number of carbonyl (C=O) groups is 1. The Morgan fingerprint density at radius 3 is 2.57 bits per heavy atom. The van der Waals surface area contributed by atoms with E-state index in [9.17, 15) is 9.90 Å². The van der Waals surface area contributed by atoms with Gasteiger partial charge in [0.25, 0.3) is 0 Å². The summed E-state index contributed by atoms with van der Waals surface area (Å²) in [5, 5.41) is 13.9. The minimum absolute atomic E-state index is 0.156. The first-order chi connectivity index (χ1) is 13.4. The number of hydrogen-bond acceptors (Lipinski definition) is 4. The number of benzene rings is 1. The fourth-order valence-corrected chi connectivity index (χ4v) is 5.05. The van der Waals surface area contributed by atoms with E-state index < -0.39 is 6.10 Å². The number of aryl methyl sites for hydroxylation is 2. The minimum Gasteiger partial charge on any atom is -0.487 e. The Kier molecular flexibility index (Phi) is 5.66. The molecule has 1 aromatic rings. The Morgan fingerprint density at radius 2 is 1.86 bits per heavy atom. The number of nitrogens with zero attached hydrogens (tertiary/aromatic N) is 1. The van der Waals surface area contributed by atoms with Crippen molar-refractivity contribution >= 4 is 5.91 Å². The molecule has 1 amide bonds. The second-order valence-corrected chi connectivity index (χ2v) is 9.16. The van der Waals surface area contributed by atoms with Gasteiger partial charge in [-0.15, -0.1) is 0 Å². The molecule has 5 heteroatoms. The standard InChI is InChI=1S/C23H34N2O3/c1-16-12-19-20(26)14-23(28-21(19)13-17(16)2)8-10-25(11-9-23)15-22(27)24-18-6-4-3-5-7-18/h12-13,18,20,26H,3-11,14-15H2,1-2H3,(H,24,27). The summed E-state index contributed by atoms with van der Waals surface area (Å²) < 4.78 is 6.45. The van der Waals surface area contributed by atoms with Gasteiger partial charge in [-0.05, 0) is 62.8 Å². The van der Waals surface area contributed by atoms with Gasteiger partial charge in [-0.3, -0.25) is 9.69 Å². The van der Waals surface area contributed by atoms with Gasteiger partial charge in [0.15, 0.2) is 0 Å². The van der Waals surface area contributed by atoms with Gasteiger partial charge in [0.2, 0.25) is 5.91 Å². The smallest absolute Gasteiger partial charge is 0.234 e. The lowest BCUT2D eigenvalue weighted by Gasteiger charge is -2.46. The molecule has 3 aliphatic rings. The van der Waals surface area contributed by atoms with Crippen molar-refractivity contribution in [3.05, 3.63) is 28.8 Å². The average Bonchev–Trinajstić information content (AvgIpc) is 2.66. The van der Waals surface area contributed by atoms with E-state index in [0.29, 0.717) is 19.0 Å². The van der Waals surface area contributed by atoms with E-state index in [0.717, 1.165) is 50.1 Å². The number of hydrogen-bond donors (Lipinski definition) is 2. The van der Waals surface area contributed by atoms with E-state index in [-0.39, 0.29) is 11.5 Å². The number of carbonyl (C=O) groups excluding carboxylic acids is 1. The fraction of sp³-hybridized carbons (Fsp3) is 0.696. The molecular formula is C23H34N2O3. The molecule has 2 heterocycles. The molecule has 1 saturated carbocycles. The summed E-state index contributed by atoms with van der Waals surface area (Å²) in [5.74, 6) is 0.995. The second kappa shape index (κ2) is 8.03. The Morgan fingerprint density at radius 1 is 1.18 bits per heavy atom. The van der Waals surface area contributed by atoms with Crippen molar-refractivity contribution in [2.45, 2.75) is 83.0 Å². The van der Waals surface area contributed by atoms with Gasteiger partial charge in [0.1, 0.15) is 11.4 Å². The summed E-state index contributed by atoms with van der Waals surface area (Å²) in [4.78, 5) is 14.6. The van der Waals surface area contributed by atoms with Crippen LogP contribution in [-0.2, 0) is 4.79 Å². The molecule has 1 unspecified atom stereocenters. The average molecular weight is 387 g/mol. The van der Waals surface area contributed by atoms with Gasteiger partial charge in [-0.1, -0.05) is 19.3 Å². The predicted octanol–water partition coefficient (Wildman–Crippen LogP) is 3.40. The molecule has 0 radical (unpaired) electrons. The minimum atomic E-state index is -0.468. The number of nitrogens with one attached hydrogen (secondary N) is 1. The summed E-state index contributed by atoms with van der Waals surface area (Å²) in [7, 11) is 0. The topological polar surface area (TPSA) is 61.8 Å². The number of likely N-dealkylation sites (tertiary alicyclic amines) is 1. The Bertz CT molecular complexity index is 719. The van der Waals surface area contributed by atoms with Crippen molar-refractivity contribution < 1.29 is 14.6 Å². The lowest BCUT2D eigenvalue weighted by molar-refractivity contribution is -0.124. The molecule has 2 aliphatic heterocycles. The highest BCUT2D eigenvalue weighted by molar-refractivity contribution is 5.78. The summed E-state index contributed by atoms with van der Waals surface area (Å²) in [6.07, 6.45) is 7.90. The number of amides is 1. The van der Waals surface area contributed by atoms with Crippen LogP contribution in [0.2, 0.25) is 0 Å². The third kappa shape index (κ3) is 4.20. The first-order valence-corrected chi connectivity index (χ1v) is 10.9. The zero-order valence-electron chi connectivity index (χ0n) is 17.3. The van der Waals surface area contributed by atoms with E-state index in [2.05, 4.69) is 36.2 Å². The van der Waals surface area contributed by atoms with E-state index in [1.165, 1.54) is 30.4 Å². The normalized spacial score (nSPS) is 25.2. The van der Waals surface area contributed by atoms with Gasteiger partial charge in [0.05, 0.1) is 12.6 Å². The molecule has 0 aromatic heterocycles. The molecule has 2 fully saturated rings. The Balaban J connectivity index is 1.33. The second-order valence-electron chi connectivity index (χ2n) is 9.16. The molecular weight excluding hydrogens is 352 g/mol. The van der Waals surface area contributed by atoms with Crippen LogP contribution in [0.15, 0.2) is 12.1 Å². The number of aliphatic hydroxyl groups is 1. The third-order valence-electron chi connectivity index (χ3n) is 6.98. The van der Waals surface area contributed by atoms with E-state index in [4.69, 9.17) is 4.74 Å². The molecule has 1 atom stereocenters. The highest BCUT2D eigenvalue weighted by Crippen LogP contribution is 2.45. The highest BCUT2D eigenvalue weighted by atomic mass is 16.5. The van der Waals surface area contributed by atoms with E-state index >= 15 is 0 Å². The maximum atomic E-state index is 12.4. The molecule has 0 bridgehead atoms. The summed E-state index contributed by atoms with van der Waals surface area (Å²) in [5.41, 5.74) is 3.00. The zero-order chi connectivity index (χ0) is 19.7. The fourth-order valence-electron chi connectivity index (χ4n) is 5.05. The molecule has 1 spiro atoms. The van der Waals surface area contributed by atoms with Crippen LogP contribution < -0.4 is 10.1 Å². The van der Waals surface area contributed by atoms with Crippen LogP contribution >= 0.6 is 0 Å². The number of rotatable bonds is 3. The SMILES string of the molecule is Cc1cc2c(cc1C)C(O)CC1(CCN(CC(=O)NC3CCCCC3)CC1)O2. The number of piperidine rings is 1. The quantitative estimate of drug-likeness (QED) is 0.836. The number of ether oxygens (including phenoxy) is 1. The predicted molar refractivity (Wildman–Crippen MR) is 110 cm³/mol. The first kappa shape index (κ1) is 19.7. The van der Waals surface area contributed by atoms with Crippen LogP contribution in [0, 0.1) is 13.8 Å². The maximum Gasteiger partial charge on any atom is 0.234 e. The van der Waals surface area contributed by atoms with Crippen molar-refractivity contribution in [3.8, 4) is 5.75 Å². The summed E-state index contributed by atoms with van der Waals surface area (Å²) >= 11 is 0. The number of fused-ring (bicyclic) bond motifs is 1. The Hall–Kier alpha value is -1.59. The summed E-state index contributed by atoms with van der Waals surface area (Å²) in [6, 6.07) is 4.50. The van der Waals surface area contributed by atoms with Crippen molar-refractivity contribution in [1.29, 1.82) is 0 Å². The zero-order valence-corrected chi connectivity index (χ0v) is 17.3. The van der Waals surface area contributed by atoms with Gasteiger partial charge < -0.3 is 15.2 Å². The third-order valence-corrected chi connectivity index (χ3v) is 6.98. The van der Waals surface area contributed by atoms with Gasteiger partial charge in [-0.25, -0.2) is 0 Å². The first-order valence-electron chi connectivity index (χ1n) is 10.9. The molecule has 2 N–H and O–H groups in total. The van der Waals surface area contributed by atoms with Crippen molar-refractivity contribution in [3.63, 3.8) is 0 Å². The van der Waals surface area contributed by atoms with Crippen LogP contribution in [0.25, 0.3) is 0 Å². The van der Waals surface area contributed by atoms with Crippen LogP contribution in [0.1, 0.15) is 74.2 Å². The Labute approximate surface area is 168 Å². The van der Waals surface area contributed by atoms with Crippen LogP contribution in [-0.4, -0.2) is 47.2 Å². The van der Waals surface area contributed by atoms with Gasteiger partial charge in [-0.2, -0.15) is 0 Å². The van der Waals surface area contributed by atoms with Gasteiger partial charge in [0, 0.05) is 31.1 Å². The van der Waals surface area contributed by atoms with E-state index in [1.807, 2.05) is 0 Å².